The van der Waals surface area contributed by atoms with Crippen molar-refractivity contribution in [3.8, 4) is 0 Å². The maximum atomic E-state index is 10.1. The maximum Gasteiger partial charge on any atom is 0.304 e. The Morgan fingerprint density at radius 1 is 1.54 bits per heavy atom. The Labute approximate surface area is 77.0 Å². The third-order valence-electron chi connectivity index (χ3n) is 1.75. The molecule has 1 aromatic heterocycles. The van der Waals surface area contributed by atoms with E-state index in [4.69, 9.17) is 5.11 Å². The van der Waals surface area contributed by atoms with Crippen molar-refractivity contribution < 1.29 is 9.90 Å². The van der Waals surface area contributed by atoms with Gasteiger partial charge in [0.15, 0.2) is 0 Å². The number of aromatic amines is 1. The monoisotopic (exact) mass is 182 g/mol. The van der Waals surface area contributed by atoms with Crippen molar-refractivity contribution in [2.24, 2.45) is 0 Å². The molecule has 0 fully saturated rings. The molecule has 0 saturated heterocycles. The molecule has 0 bridgehead atoms. The molecular weight excluding hydrogens is 168 g/mol. The minimum atomic E-state index is -0.757. The average molecular weight is 182 g/mol. The van der Waals surface area contributed by atoms with E-state index in [0.717, 1.165) is 13.0 Å². The Kier molecular flexibility index (Phi) is 4.05. The molecule has 0 aromatic carbocycles. The largest absolute Gasteiger partial charge is 0.481 e. The number of hydrogen-bond acceptors (Lipinski definition) is 2. The molecule has 0 aliphatic carbocycles. The lowest BCUT2D eigenvalue weighted by Gasteiger charge is -2.00. The minimum absolute atomic E-state index is 0.185. The van der Waals surface area contributed by atoms with Crippen LogP contribution in [0.5, 0.6) is 0 Å². The van der Waals surface area contributed by atoms with Crippen molar-refractivity contribution in [2.45, 2.75) is 12.8 Å². The quantitative estimate of drug-likeness (QED) is 0.565. The second-order valence-electron chi connectivity index (χ2n) is 2.84. The first-order valence-corrected chi connectivity index (χ1v) is 4.34. The van der Waals surface area contributed by atoms with Crippen LogP contribution in [0, 0.1) is 0 Å². The van der Waals surface area contributed by atoms with Crippen molar-refractivity contribution in [1.82, 2.24) is 10.3 Å². The molecule has 1 rings (SSSR count). The zero-order valence-electron chi connectivity index (χ0n) is 7.42. The standard InChI is InChI=1S/C9H14N2O2/c12-9(13)4-7-10-6-3-8-2-1-5-11-8/h1-2,5,10-11H,3-4,6-7H2,(H,12,13). The lowest BCUT2D eigenvalue weighted by Crippen LogP contribution is -2.20. The van der Waals surface area contributed by atoms with Gasteiger partial charge in [0.05, 0.1) is 6.42 Å². The van der Waals surface area contributed by atoms with Gasteiger partial charge in [-0.15, -0.1) is 0 Å². The van der Waals surface area contributed by atoms with Crippen molar-refractivity contribution in [3.05, 3.63) is 24.0 Å². The molecule has 0 amide bonds. The van der Waals surface area contributed by atoms with Gasteiger partial charge in [0, 0.05) is 25.0 Å². The topological polar surface area (TPSA) is 65.1 Å². The number of carbonyl (C=O) groups is 1. The average Bonchev–Trinajstić information content (AvgIpc) is 2.55. The lowest BCUT2D eigenvalue weighted by molar-refractivity contribution is -0.136. The second-order valence-corrected chi connectivity index (χ2v) is 2.84. The Hall–Kier alpha value is -1.29. The highest BCUT2D eigenvalue weighted by molar-refractivity contribution is 5.66. The lowest BCUT2D eigenvalue weighted by atomic mass is 10.3. The van der Waals surface area contributed by atoms with Crippen molar-refractivity contribution in [3.63, 3.8) is 0 Å². The van der Waals surface area contributed by atoms with Gasteiger partial charge in [-0.25, -0.2) is 0 Å². The van der Waals surface area contributed by atoms with E-state index in [-0.39, 0.29) is 6.42 Å². The van der Waals surface area contributed by atoms with Gasteiger partial charge in [0.2, 0.25) is 0 Å². The summed E-state index contributed by atoms with van der Waals surface area (Å²) >= 11 is 0. The van der Waals surface area contributed by atoms with E-state index in [1.807, 2.05) is 18.3 Å². The number of nitrogens with one attached hydrogen (secondary N) is 2. The molecule has 1 aromatic rings. The summed E-state index contributed by atoms with van der Waals surface area (Å²) < 4.78 is 0. The van der Waals surface area contributed by atoms with Gasteiger partial charge in [-0.3, -0.25) is 4.79 Å². The molecule has 0 atom stereocenters. The van der Waals surface area contributed by atoms with E-state index in [9.17, 15) is 4.79 Å². The van der Waals surface area contributed by atoms with Gasteiger partial charge >= 0.3 is 5.97 Å². The summed E-state index contributed by atoms with van der Waals surface area (Å²) in [5, 5.41) is 11.4. The molecular formula is C9H14N2O2. The van der Waals surface area contributed by atoms with Crippen LogP contribution < -0.4 is 5.32 Å². The molecule has 0 aliphatic heterocycles. The van der Waals surface area contributed by atoms with Crippen molar-refractivity contribution in [2.75, 3.05) is 13.1 Å². The van der Waals surface area contributed by atoms with Gasteiger partial charge in [0.25, 0.3) is 0 Å². The fourth-order valence-electron chi connectivity index (χ4n) is 1.07. The SMILES string of the molecule is O=C(O)CCNCCc1ccc[nH]1. The Morgan fingerprint density at radius 3 is 3.00 bits per heavy atom. The zero-order valence-corrected chi connectivity index (χ0v) is 7.42. The van der Waals surface area contributed by atoms with Crippen molar-refractivity contribution in [1.29, 1.82) is 0 Å². The summed E-state index contributed by atoms with van der Waals surface area (Å²) in [6, 6.07) is 3.96. The van der Waals surface area contributed by atoms with Crippen LogP contribution in [0.25, 0.3) is 0 Å². The fourth-order valence-corrected chi connectivity index (χ4v) is 1.07. The summed E-state index contributed by atoms with van der Waals surface area (Å²) in [5.74, 6) is -0.757. The first kappa shape index (κ1) is 9.80. The summed E-state index contributed by atoms with van der Waals surface area (Å²) in [5.41, 5.74) is 1.17. The van der Waals surface area contributed by atoms with Gasteiger partial charge in [-0.1, -0.05) is 0 Å². The van der Waals surface area contributed by atoms with E-state index in [0.29, 0.717) is 6.54 Å². The van der Waals surface area contributed by atoms with E-state index in [1.54, 1.807) is 0 Å². The molecule has 0 saturated carbocycles. The molecule has 0 unspecified atom stereocenters. The van der Waals surface area contributed by atoms with Crippen LogP contribution in [0.4, 0.5) is 0 Å². The predicted molar refractivity (Wildman–Crippen MR) is 49.6 cm³/mol. The Morgan fingerprint density at radius 2 is 2.38 bits per heavy atom. The number of hydrogen-bond donors (Lipinski definition) is 3. The van der Waals surface area contributed by atoms with Crippen LogP contribution in [0.2, 0.25) is 0 Å². The summed E-state index contributed by atoms with van der Waals surface area (Å²) in [7, 11) is 0. The normalized spacial score (nSPS) is 10.2. The molecule has 1 heterocycles. The van der Waals surface area contributed by atoms with Crippen LogP contribution in [0.3, 0.4) is 0 Å². The van der Waals surface area contributed by atoms with Crippen LogP contribution >= 0.6 is 0 Å². The first-order valence-electron chi connectivity index (χ1n) is 4.34. The van der Waals surface area contributed by atoms with Crippen LogP contribution in [0.1, 0.15) is 12.1 Å². The molecule has 3 N–H and O–H groups in total. The van der Waals surface area contributed by atoms with Gasteiger partial charge in [-0.05, 0) is 18.6 Å². The number of rotatable bonds is 6. The highest BCUT2D eigenvalue weighted by atomic mass is 16.4. The van der Waals surface area contributed by atoms with Gasteiger partial charge < -0.3 is 15.4 Å². The maximum absolute atomic E-state index is 10.1. The molecule has 4 nitrogen and oxygen atoms in total. The van der Waals surface area contributed by atoms with E-state index in [2.05, 4.69) is 10.3 Å². The Bertz CT molecular complexity index is 244. The third kappa shape index (κ3) is 4.32. The number of carboxylic acid groups (broad SMARTS) is 1. The highest BCUT2D eigenvalue weighted by Gasteiger charge is 1.95. The van der Waals surface area contributed by atoms with E-state index < -0.39 is 5.97 Å². The van der Waals surface area contributed by atoms with Crippen molar-refractivity contribution >= 4 is 5.97 Å². The van der Waals surface area contributed by atoms with Crippen LogP contribution in [-0.2, 0) is 11.2 Å². The van der Waals surface area contributed by atoms with Crippen LogP contribution in [-0.4, -0.2) is 29.1 Å². The molecule has 13 heavy (non-hydrogen) atoms. The zero-order chi connectivity index (χ0) is 9.52. The van der Waals surface area contributed by atoms with Gasteiger partial charge in [-0.2, -0.15) is 0 Å². The summed E-state index contributed by atoms with van der Waals surface area (Å²) in [6.45, 7) is 1.35. The highest BCUT2D eigenvalue weighted by Crippen LogP contribution is 1.93. The predicted octanol–water partition coefficient (Wildman–Crippen LogP) is 0.621. The number of H-pyrrole nitrogens is 1. The first-order chi connectivity index (χ1) is 6.29. The molecule has 0 spiro atoms. The minimum Gasteiger partial charge on any atom is -0.481 e. The molecule has 0 aliphatic rings. The Balaban J connectivity index is 1.99. The second kappa shape index (κ2) is 5.37. The smallest absolute Gasteiger partial charge is 0.304 e. The fraction of sp³-hybridized carbons (Fsp3) is 0.444. The molecule has 4 heteroatoms. The van der Waals surface area contributed by atoms with E-state index in [1.165, 1.54) is 5.69 Å². The molecule has 72 valence electrons. The van der Waals surface area contributed by atoms with Crippen LogP contribution in [0.15, 0.2) is 18.3 Å². The number of aromatic nitrogens is 1. The van der Waals surface area contributed by atoms with E-state index >= 15 is 0 Å². The summed E-state index contributed by atoms with van der Waals surface area (Å²) in [6.07, 6.45) is 2.98. The third-order valence-corrected chi connectivity index (χ3v) is 1.75. The van der Waals surface area contributed by atoms with Gasteiger partial charge in [0.1, 0.15) is 0 Å². The number of carboxylic acids is 1. The number of aliphatic carboxylic acids is 1. The summed E-state index contributed by atoms with van der Waals surface area (Å²) in [4.78, 5) is 13.2. The molecule has 0 radical (unpaired) electrons.